The van der Waals surface area contributed by atoms with Crippen LogP contribution >= 0.6 is 0 Å². The molecule has 1 aliphatic rings. The minimum atomic E-state index is -0.341. The van der Waals surface area contributed by atoms with Crippen LogP contribution in [-0.4, -0.2) is 35.4 Å². The molecular weight excluding hydrogens is 344 g/mol. The standard InChI is InChI=1S/C20H28N4O3/c1-3-4-9-23-18(21)17(22-10-12-27-13-11-22)19(25)24(20(23)26)14-16-8-6-5-7-15(16)2/h5-8H,3-4,9-14,21H2,1-2H3. The van der Waals surface area contributed by atoms with Crippen molar-refractivity contribution in [2.24, 2.45) is 0 Å². The van der Waals surface area contributed by atoms with Crippen molar-refractivity contribution >= 4 is 11.5 Å². The maximum absolute atomic E-state index is 13.2. The molecule has 2 N–H and O–H groups in total. The second-order valence-electron chi connectivity index (χ2n) is 6.94. The highest BCUT2D eigenvalue weighted by Crippen LogP contribution is 2.19. The van der Waals surface area contributed by atoms with Crippen LogP contribution < -0.4 is 21.9 Å². The van der Waals surface area contributed by atoms with E-state index in [1.54, 1.807) is 4.57 Å². The number of nitrogens with two attached hydrogens (primary N) is 1. The van der Waals surface area contributed by atoms with Crippen LogP contribution in [0.4, 0.5) is 11.5 Å². The van der Waals surface area contributed by atoms with Gasteiger partial charge in [-0.2, -0.15) is 0 Å². The zero-order valence-electron chi connectivity index (χ0n) is 16.1. The van der Waals surface area contributed by atoms with E-state index in [0.717, 1.165) is 24.0 Å². The van der Waals surface area contributed by atoms with Crippen LogP contribution in [0.3, 0.4) is 0 Å². The van der Waals surface area contributed by atoms with Gasteiger partial charge in [-0.3, -0.25) is 13.9 Å². The molecule has 0 aliphatic carbocycles. The molecule has 1 fully saturated rings. The maximum Gasteiger partial charge on any atom is 0.332 e. The number of unbranched alkanes of at least 4 members (excludes halogenated alkanes) is 1. The lowest BCUT2D eigenvalue weighted by Crippen LogP contribution is -2.47. The highest BCUT2D eigenvalue weighted by atomic mass is 16.5. The first kappa shape index (κ1) is 19.2. The van der Waals surface area contributed by atoms with Gasteiger partial charge in [-0.15, -0.1) is 0 Å². The fraction of sp³-hybridized carbons (Fsp3) is 0.500. The highest BCUT2D eigenvalue weighted by molar-refractivity contribution is 5.63. The van der Waals surface area contributed by atoms with Crippen molar-refractivity contribution in [3.8, 4) is 0 Å². The number of nitrogens with zero attached hydrogens (tertiary/aromatic N) is 3. The molecule has 146 valence electrons. The topological polar surface area (TPSA) is 82.5 Å². The zero-order chi connectivity index (χ0) is 19.4. The summed E-state index contributed by atoms with van der Waals surface area (Å²) in [6.45, 7) is 7.07. The van der Waals surface area contributed by atoms with Crippen LogP contribution in [0.15, 0.2) is 33.9 Å². The van der Waals surface area contributed by atoms with Crippen LogP contribution in [0.1, 0.15) is 30.9 Å². The highest BCUT2D eigenvalue weighted by Gasteiger charge is 2.23. The summed E-state index contributed by atoms with van der Waals surface area (Å²) < 4.78 is 8.27. The molecule has 7 nitrogen and oxygen atoms in total. The van der Waals surface area contributed by atoms with Crippen molar-refractivity contribution in [3.05, 3.63) is 56.2 Å². The molecule has 0 bridgehead atoms. The lowest BCUT2D eigenvalue weighted by molar-refractivity contribution is 0.122. The monoisotopic (exact) mass is 372 g/mol. The summed E-state index contributed by atoms with van der Waals surface area (Å²) in [6, 6.07) is 7.80. The Bertz CT molecular complexity index is 910. The lowest BCUT2D eigenvalue weighted by Gasteiger charge is -2.30. The molecule has 0 unspecified atom stereocenters. The fourth-order valence-electron chi connectivity index (χ4n) is 3.41. The van der Waals surface area contributed by atoms with Crippen molar-refractivity contribution in [3.63, 3.8) is 0 Å². The van der Waals surface area contributed by atoms with Crippen LogP contribution in [0.2, 0.25) is 0 Å². The zero-order valence-corrected chi connectivity index (χ0v) is 16.1. The Morgan fingerprint density at radius 3 is 2.48 bits per heavy atom. The molecule has 27 heavy (non-hydrogen) atoms. The van der Waals surface area contributed by atoms with Gasteiger partial charge in [-0.25, -0.2) is 4.79 Å². The Morgan fingerprint density at radius 2 is 1.81 bits per heavy atom. The molecule has 2 aromatic rings. The Morgan fingerprint density at radius 1 is 1.11 bits per heavy atom. The van der Waals surface area contributed by atoms with Gasteiger partial charge in [-0.05, 0) is 24.5 Å². The van der Waals surface area contributed by atoms with Crippen molar-refractivity contribution < 1.29 is 4.74 Å². The van der Waals surface area contributed by atoms with Crippen LogP contribution in [0.5, 0.6) is 0 Å². The quantitative estimate of drug-likeness (QED) is 0.833. The summed E-state index contributed by atoms with van der Waals surface area (Å²) in [6.07, 6.45) is 1.77. The second kappa shape index (κ2) is 8.43. The van der Waals surface area contributed by atoms with Crippen molar-refractivity contribution in [1.29, 1.82) is 0 Å². The first-order valence-corrected chi connectivity index (χ1v) is 9.55. The third kappa shape index (κ3) is 3.93. The van der Waals surface area contributed by atoms with Gasteiger partial charge >= 0.3 is 5.69 Å². The normalized spacial score (nSPS) is 14.5. The summed E-state index contributed by atoms with van der Waals surface area (Å²) >= 11 is 0. The molecule has 0 saturated carbocycles. The molecule has 7 heteroatoms. The number of aryl methyl sites for hydroxylation is 1. The van der Waals surface area contributed by atoms with E-state index in [0.29, 0.717) is 38.5 Å². The lowest BCUT2D eigenvalue weighted by atomic mass is 10.1. The summed E-state index contributed by atoms with van der Waals surface area (Å²) in [5.74, 6) is 0.265. The molecule has 0 atom stereocenters. The van der Waals surface area contributed by atoms with E-state index in [9.17, 15) is 9.59 Å². The van der Waals surface area contributed by atoms with E-state index in [4.69, 9.17) is 10.5 Å². The second-order valence-corrected chi connectivity index (χ2v) is 6.94. The van der Waals surface area contributed by atoms with E-state index in [-0.39, 0.29) is 23.6 Å². The van der Waals surface area contributed by atoms with Gasteiger partial charge in [0.15, 0.2) is 0 Å². The summed E-state index contributed by atoms with van der Waals surface area (Å²) in [4.78, 5) is 28.3. The van der Waals surface area contributed by atoms with Gasteiger partial charge in [0.1, 0.15) is 11.5 Å². The average Bonchev–Trinajstić information content (AvgIpc) is 2.67. The third-order valence-corrected chi connectivity index (χ3v) is 5.10. The average molecular weight is 372 g/mol. The number of hydrogen-bond donors (Lipinski definition) is 1. The Balaban J connectivity index is 2.14. The maximum atomic E-state index is 13.2. The number of benzene rings is 1. The number of hydrogen-bond acceptors (Lipinski definition) is 5. The first-order chi connectivity index (χ1) is 13.0. The number of rotatable bonds is 6. The number of anilines is 2. The molecule has 1 saturated heterocycles. The van der Waals surface area contributed by atoms with Gasteiger partial charge in [0, 0.05) is 19.6 Å². The number of morpholine rings is 1. The Kier molecular flexibility index (Phi) is 6.01. The number of aromatic nitrogens is 2. The van der Waals surface area contributed by atoms with Crippen molar-refractivity contribution in [2.45, 2.75) is 39.8 Å². The minimum absolute atomic E-state index is 0.244. The molecule has 2 heterocycles. The van der Waals surface area contributed by atoms with E-state index in [1.807, 2.05) is 36.1 Å². The molecule has 3 rings (SSSR count). The fourth-order valence-corrected chi connectivity index (χ4v) is 3.41. The van der Waals surface area contributed by atoms with Crippen LogP contribution in [-0.2, 0) is 17.8 Å². The molecule has 1 aromatic carbocycles. The van der Waals surface area contributed by atoms with Crippen molar-refractivity contribution in [1.82, 2.24) is 9.13 Å². The van der Waals surface area contributed by atoms with Gasteiger partial charge < -0.3 is 15.4 Å². The van der Waals surface area contributed by atoms with Gasteiger partial charge in [-0.1, -0.05) is 37.6 Å². The van der Waals surface area contributed by atoms with Gasteiger partial charge in [0.25, 0.3) is 5.56 Å². The van der Waals surface area contributed by atoms with E-state index >= 15 is 0 Å². The summed E-state index contributed by atoms with van der Waals surface area (Å²) in [7, 11) is 0. The smallest absolute Gasteiger partial charge is 0.332 e. The summed E-state index contributed by atoms with van der Waals surface area (Å²) in [5, 5.41) is 0. The van der Waals surface area contributed by atoms with E-state index in [1.165, 1.54) is 4.57 Å². The number of nitrogen functional groups attached to an aromatic ring is 1. The SMILES string of the molecule is CCCCn1c(N)c(N2CCOCC2)c(=O)n(Cc2ccccc2C)c1=O. The van der Waals surface area contributed by atoms with E-state index in [2.05, 4.69) is 6.92 Å². The van der Waals surface area contributed by atoms with Crippen LogP contribution in [0, 0.1) is 6.92 Å². The summed E-state index contributed by atoms with van der Waals surface area (Å²) in [5.41, 5.74) is 8.07. The molecule has 1 aromatic heterocycles. The first-order valence-electron chi connectivity index (χ1n) is 9.55. The van der Waals surface area contributed by atoms with Crippen molar-refractivity contribution in [2.75, 3.05) is 36.9 Å². The molecule has 0 radical (unpaired) electrons. The minimum Gasteiger partial charge on any atom is -0.383 e. The predicted molar refractivity (Wildman–Crippen MR) is 108 cm³/mol. The molecule has 0 spiro atoms. The van der Waals surface area contributed by atoms with E-state index < -0.39 is 0 Å². The largest absolute Gasteiger partial charge is 0.383 e. The molecule has 1 aliphatic heterocycles. The van der Waals surface area contributed by atoms with Crippen LogP contribution in [0.25, 0.3) is 0 Å². The predicted octanol–water partition coefficient (Wildman–Crippen LogP) is 1.59. The Hall–Kier alpha value is -2.54. The van der Waals surface area contributed by atoms with Gasteiger partial charge in [0.2, 0.25) is 0 Å². The Labute approximate surface area is 159 Å². The molecule has 0 amide bonds. The molecular formula is C20H28N4O3. The van der Waals surface area contributed by atoms with Gasteiger partial charge in [0.05, 0.1) is 19.8 Å². The third-order valence-electron chi connectivity index (χ3n) is 5.10. The number of ether oxygens (including phenoxy) is 1.